The molecule has 1 atom stereocenters. The van der Waals surface area contributed by atoms with Crippen molar-refractivity contribution < 1.29 is 19.0 Å². The number of rotatable bonds is 5. The normalized spacial score (nSPS) is 21.2. The van der Waals surface area contributed by atoms with Gasteiger partial charge < -0.3 is 19.5 Å². The van der Waals surface area contributed by atoms with Crippen LogP contribution in [-0.4, -0.2) is 37.8 Å². The molecule has 6 nitrogen and oxygen atoms in total. The van der Waals surface area contributed by atoms with Gasteiger partial charge in [-0.05, 0) is 92.6 Å². The van der Waals surface area contributed by atoms with Gasteiger partial charge in [0.1, 0.15) is 0 Å². The van der Waals surface area contributed by atoms with Crippen LogP contribution >= 0.6 is 0 Å². The zero-order valence-electron chi connectivity index (χ0n) is 18.5. The van der Waals surface area contributed by atoms with Gasteiger partial charge in [0.2, 0.25) is 18.4 Å². The van der Waals surface area contributed by atoms with Gasteiger partial charge in [-0.3, -0.25) is 9.69 Å². The zero-order valence-corrected chi connectivity index (χ0v) is 18.5. The molecule has 6 heteroatoms. The number of fused-ring (bicyclic) bond motifs is 1. The Kier molecular flexibility index (Phi) is 5.05. The molecule has 31 heavy (non-hydrogen) atoms. The molecule has 1 saturated heterocycles. The number of carbonyl (C=O) groups excluding carboxylic acids is 1. The largest absolute Gasteiger partial charge is 0.493 e. The first-order valence-electron chi connectivity index (χ1n) is 11.0. The number of anilines is 1. The molecule has 0 aromatic heterocycles. The topological polar surface area (TPSA) is 60.0 Å². The van der Waals surface area contributed by atoms with Gasteiger partial charge in [-0.1, -0.05) is 6.07 Å². The molecule has 5 rings (SSSR count). The molecule has 2 heterocycles. The van der Waals surface area contributed by atoms with Crippen LogP contribution in [0.25, 0.3) is 0 Å². The number of nitrogens with zero attached hydrogens (tertiary/aromatic N) is 1. The van der Waals surface area contributed by atoms with Gasteiger partial charge in [0.05, 0.1) is 7.11 Å². The number of aryl methyl sites for hydroxylation is 2. The minimum absolute atomic E-state index is 0.140. The number of hydrogen-bond acceptors (Lipinski definition) is 5. The Morgan fingerprint density at radius 3 is 2.58 bits per heavy atom. The van der Waals surface area contributed by atoms with Gasteiger partial charge in [-0.15, -0.1) is 0 Å². The van der Waals surface area contributed by atoms with E-state index in [-0.39, 0.29) is 24.0 Å². The summed E-state index contributed by atoms with van der Waals surface area (Å²) in [6.07, 6.45) is 3.15. The second kappa shape index (κ2) is 7.75. The molecule has 2 aromatic rings. The standard InChI is InChI=1S/C25H30N2O4/c1-16-8-17(2)10-19(9-16)26-24(28)20-13-25(20)4-6-27(7-5-25)14-18-11-21(29-3)23-22(12-18)30-15-31-23/h8-12,20H,4-7,13-15H2,1-3H3,(H,26,28). The highest BCUT2D eigenvalue weighted by molar-refractivity contribution is 5.95. The number of methoxy groups -OCH3 is 1. The Bertz CT molecular complexity index is 991. The molecule has 2 fully saturated rings. The maximum absolute atomic E-state index is 12.9. The quantitative estimate of drug-likeness (QED) is 0.779. The van der Waals surface area contributed by atoms with E-state index in [9.17, 15) is 4.79 Å². The Hall–Kier alpha value is -2.73. The second-order valence-corrected chi connectivity index (χ2v) is 9.29. The summed E-state index contributed by atoms with van der Waals surface area (Å²) in [4.78, 5) is 15.3. The van der Waals surface area contributed by atoms with E-state index in [1.165, 1.54) is 11.1 Å². The van der Waals surface area contributed by atoms with Crippen LogP contribution in [0, 0.1) is 25.2 Å². The van der Waals surface area contributed by atoms with Crippen molar-refractivity contribution in [3.8, 4) is 17.2 Å². The smallest absolute Gasteiger partial charge is 0.231 e. The van der Waals surface area contributed by atoms with Crippen molar-refractivity contribution in [3.05, 3.63) is 47.0 Å². The summed E-state index contributed by atoms with van der Waals surface area (Å²) in [6.45, 7) is 7.23. The predicted octanol–water partition coefficient (Wildman–Crippen LogP) is 4.28. The highest BCUT2D eigenvalue weighted by atomic mass is 16.7. The van der Waals surface area contributed by atoms with Crippen LogP contribution < -0.4 is 19.5 Å². The monoisotopic (exact) mass is 422 g/mol. The van der Waals surface area contributed by atoms with E-state index < -0.39 is 0 Å². The molecule has 1 N–H and O–H groups in total. The molecule has 3 aliphatic rings. The average molecular weight is 423 g/mol. The molecule has 1 saturated carbocycles. The van der Waals surface area contributed by atoms with Gasteiger partial charge >= 0.3 is 0 Å². The van der Waals surface area contributed by atoms with Crippen LogP contribution in [0.5, 0.6) is 17.2 Å². The molecule has 1 spiro atoms. The molecular formula is C25H30N2O4. The number of nitrogens with one attached hydrogen (secondary N) is 1. The molecule has 2 aromatic carbocycles. The maximum Gasteiger partial charge on any atom is 0.231 e. The molecular weight excluding hydrogens is 392 g/mol. The predicted molar refractivity (Wildman–Crippen MR) is 119 cm³/mol. The van der Waals surface area contributed by atoms with Crippen molar-refractivity contribution in [1.29, 1.82) is 0 Å². The number of carbonyl (C=O) groups is 1. The van der Waals surface area contributed by atoms with E-state index in [4.69, 9.17) is 14.2 Å². The lowest BCUT2D eigenvalue weighted by Crippen LogP contribution is -2.35. The summed E-state index contributed by atoms with van der Waals surface area (Å²) in [7, 11) is 1.65. The first-order chi connectivity index (χ1) is 15.0. The Balaban J connectivity index is 1.17. The van der Waals surface area contributed by atoms with E-state index in [0.717, 1.165) is 61.6 Å². The van der Waals surface area contributed by atoms with Crippen LogP contribution in [0.4, 0.5) is 5.69 Å². The summed E-state index contributed by atoms with van der Waals surface area (Å²) >= 11 is 0. The maximum atomic E-state index is 12.9. The summed E-state index contributed by atoms with van der Waals surface area (Å²) in [6, 6.07) is 10.3. The summed E-state index contributed by atoms with van der Waals surface area (Å²) < 4.78 is 16.5. The van der Waals surface area contributed by atoms with Crippen LogP contribution in [0.1, 0.15) is 36.0 Å². The Labute approximate surface area is 183 Å². The molecule has 0 bridgehead atoms. The third-order valence-electron chi connectivity index (χ3n) is 6.97. The zero-order chi connectivity index (χ0) is 21.6. The molecule has 1 unspecified atom stereocenters. The van der Waals surface area contributed by atoms with Crippen molar-refractivity contribution >= 4 is 11.6 Å². The summed E-state index contributed by atoms with van der Waals surface area (Å²) in [5.74, 6) is 2.50. The third kappa shape index (κ3) is 3.97. The Morgan fingerprint density at radius 1 is 1.13 bits per heavy atom. The van der Waals surface area contributed by atoms with E-state index in [0.29, 0.717) is 5.75 Å². The van der Waals surface area contributed by atoms with Gasteiger partial charge in [-0.25, -0.2) is 0 Å². The lowest BCUT2D eigenvalue weighted by atomic mass is 9.90. The number of likely N-dealkylation sites (tertiary alicyclic amines) is 1. The van der Waals surface area contributed by atoms with E-state index in [2.05, 4.69) is 30.1 Å². The van der Waals surface area contributed by atoms with Crippen LogP contribution in [-0.2, 0) is 11.3 Å². The molecule has 1 aliphatic carbocycles. The van der Waals surface area contributed by atoms with Crippen LogP contribution in [0.3, 0.4) is 0 Å². The fourth-order valence-electron chi connectivity index (χ4n) is 5.24. The van der Waals surface area contributed by atoms with Crippen molar-refractivity contribution in [2.24, 2.45) is 11.3 Å². The lowest BCUT2D eigenvalue weighted by molar-refractivity contribution is -0.118. The molecule has 0 radical (unpaired) electrons. The highest BCUT2D eigenvalue weighted by Crippen LogP contribution is 2.59. The SMILES string of the molecule is COc1cc(CN2CCC3(CC2)CC3C(=O)Nc2cc(C)cc(C)c2)cc2c1OCO2. The molecule has 1 amide bonds. The van der Waals surface area contributed by atoms with Crippen molar-refractivity contribution in [1.82, 2.24) is 4.90 Å². The minimum atomic E-state index is 0.140. The highest BCUT2D eigenvalue weighted by Gasteiger charge is 2.58. The fraction of sp³-hybridized carbons (Fsp3) is 0.480. The third-order valence-corrected chi connectivity index (χ3v) is 6.97. The number of hydrogen-bond donors (Lipinski definition) is 1. The minimum Gasteiger partial charge on any atom is -0.493 e. The van der Waals surface area contributed by atoms with Gasteiger partial charge in [0.15, 0.2) is 11.5 Å². The van der Waals surface area contributed by atoms with Gasteiger partial charge in [-0.2, -0.15) is 0 Å². The number of benzene rings is 2. The van der Waals surface area contributed by atoms with Crippen molar-refractivity contribution in [3.63, 3.8) is 0 Å². The van der Waals surface area contributed by atoms with Crippen molar-refractivity contribution in [2.45, 2.75) is 39.7 Å². The van der Waals surface area contributed by atoms with E-state index in [1.54, 1.807) is 7.11 Å². The first kappa shape index (κ1) is 20.2. The van der Waals surface area contributed by atoms with E-state index in [1.807, 2.05) is 24.3 Å². The molecule has 164 valence electrons. The lowest BCUT2D eigenvalue weighted by Gasteiger charge is -2.33. The Morgan fingerprint density at radius 2 is 1.87 bits per heavy atom. The first-order valence-corrected chi connectivity index (χ1v) is 11.0. The van der Waals surface area contributed by atoms with Crippen LogP contribution in [0.2, 0.25) is 0 Å². The fourth-order valence-corrected chi connectivity index (χ4v) is 5.24. The number of ether oxygens (including phenoxy) is 3. The summed E-state index contributed by atoms with van der Waals surface area (Å²) in [5.41, 5.74) is 4.62. The second-order valence-electron chi connectivity index (χ2n) is 9.29. The summed E-state index contributed by atoms with van der Waals surface area (Å²) in [5, 5.41) is 3.15. The van der Waals surface area contributed by atoms with E-state index >= 15 is 0 Å². The number of amides is 1. The van der Waals surface area contributed by atoms with Gasteiger partial charge in [0.25, 0.3) is 0 Å². The van der Waals surface area contributed by atoms with Crippen LogP contribution in [0.15, 0.2) is 30.3 Å². The van der Waals surface area contributed by atoms with Crippen molar-refractivity contribution in [2.75, 3.05) is 32.3 Å². The average Bonchev–Trinajstić information content (AvgIpc) is 3.22. The van der Waals surface area contributed by atoms with Gasteiger partial charge in [0, 0.05) is 18.2 Å². The molecule has 2 aliphatic heterocycles. The number of piperidine rings is 1.